The second-order valence-corrected chi connectivity index (χ2v) is 6.71. The lowest BCUT2D eigenvalue weighted by molar-refractivity contribution is 0.593. The monoisotopic (exact) mass is 293 g/mol. The minimum Gasteiger partial charge on any atom is -0.261 e. The fourth-order valence-electron chi connectivity index (χ4n) is 1.86. The average Bonchev–Trinajstić information content (AvgIpc) is 2.90. The van der Waals surface area contributed by atoms with Crippen molar-refractivity contribution >= 4 is 37.9 Å². The van der Waals surface area contributed by atoms with Gasteiger partial charge in [-0.3, -0.25) is 14.7 Å². The van der Waals surface area contributed by atoms with Crippen molar-refractivity contribution in [2.75, 3.05) is 12.3 Å². The quantitative estimate of drug-likeness (QED) is 0.913. The van der Waals surface area contributed by atoms with E-state index in [0.29, 0.717) is 17.2 Å². The molecule has 0 atom stereocenters. The molecule has 0 unspecified atom stereocenters. The van der Waals surface area contributed by atoms with Gasteiger partial charge in [-0.15, -0.1) is 0 Å². The van der Waals surface area contributed by atoms with Crippen molar-refractivity contribution in [1.29, 1.82) is 0 Å². The topological polar surface area (TPSA) is 71.4 Å². The van der Waals surface area contributed by atoms with Gasteiger partial charge in [0.25, 0.3) is 10.0 Å². The van der Waals surface area contributed by atoms with Gasteiger partial charge in [0.05, 0.1) is 12.1 Å². The number of benzene rings is 1. The molecule has 0 fully saturated rings. The Labute approximate surface area is 115 Å². The first-order chi connectivity index (χ1) is 9.17. The van der Waals surface area contributed by atoms with Gasteiger partial charge < -0.3 is 0 Å². The molecule has 1 aliphatic rings. The normalized spacial score (nSPS) is 15.5. The average molecular weight is 293 g/mol. The molecule has 2 aromatic rings. The van der Waals surface area contributed by atoms with E-state index in [-0.39, 0.29) is 4.90 Å². The predicted octanol–water partition coefficient (Wildman–Crippen LogP) is 1.62. The molecule has 1 aliphatic heterocycles. The molecule has 3 rings (SSSR count). The van der Waals surface area contributed by atoms with E-state index < -0.39 is 10.0 Å². The lowest BCUT2D eigenvalue weighted by Crippen LogP contribution is -2.27. The summed E-state index contributed by atoms with van der Waals surface area (Å²) in [5, 5.41) is 1.25. The van der Waals surface area contributed by atoms with E-state index in [1.54, 1.807) is 24.4 Å². The van der Waals surface area contributed by atoms with Crippen LogP contribution in [0.25, 0.3) is 10.9 Å². The van der Waals surface area contributed by atoms with Crippen LogP contribution in [-0.4, -0.2) is 30.9 Å². The van der Waals surface area contributed by atoms with Crippen molar-refractivity contribution in [3.05, 3.63) is 36.5 Å². The van der Waals surface area contributed by atoms with Gasteiger partial charge in [-0.2, -0.15) is 0 Å². The summed E-state index contributed by atoms with van der Waals surface area (Å²) in [6.45, 7) is 0.649. The third-order valence-corrected chi connectivity index (χ3v) is 5.08. The van der Waals surface area contributed by atoms with Gasteiger partial charge in [0.15, 0.2) is 5.17 Å². The van der Waals surface area contributed by atoms with Crippen LogP contribution in [0.4, 0.5) is 0 Å². The van der Waals surface area contributed by atoms with Crippen molar-refractivity contribution in [3.63, 3.8) is 0 Å². The molecule has 19 heavy (non-hydrogen) atoms. The summed E-state index contributed by atoms with van der Waals surface area (Å²) in [4.78, 5) is 8.43. The molecule has 0 radical (unpaired) electrons. The Balaban J connectivity index is 2.08. The van der Waals surface area contributed by atoms with Crippen molar-refractivity contribution in [3.8, 4) is 0 Å². The van der Waals surface area contributed by atoms with Gasteiger partial charge in [0.2, 0.25) is 0 Å². The van der Waals surface area contributed by atoms with E-state index in [1.165, 1.54) is 11.8 Å². The van der Waals surface area contributed by atoms with Gasteiger partial charge in [-0.05, 0) is 12.1 Å². The molecule has 1 N–H and O–H groups in total. The van der Waals surface area contributed by atoms with Crippen LogP contribution >= 0.6 is 11.8 Å². The van der Waals surface area contributed by atoms with Crippen LogP contribution in [0.3, 0.4) is 0 Å². The highest BCUT2D eigenvalue weighted by Gasteiger charge is 2.21. The maximum Gasteiger partial charge on any atom is 0.265 e. The van der Waals surface area contributed by atoms with Gasteiger partial charge in [-0.25, -0.2) is 8.42 Å². The van der Waals surface area contributed by atoms with Gasteiger partial charge in [-0.1, -0.05) is 30.0 Å². The van der Waals surface area contributed by atoms with Crippen molar-refractivity contribution in [2.45, 2.75) is 4.90 Å². The number of fused-ring (bicyclic) bond motifs is 1. The number of para-hydroxylation sites is 1. The summed E-state index contributed by atoms with van der Waals surface area (Å²) in [5.74, 6) is 0.811. The van der Waals surface area contributed by atoms with Crippen LogP contribution in [-0.2, 0) is 10.0 Å². The largest absolute Gasteiger partial charge is 0.265 e. The summed E-state index contributed by atoms with van der Waals surface area (Å²) in [6.07, 6.45) is 1.59. The maximum absolute atomic E-state index is 12.4. The first-order valence-corrected chi connectivity index (χ1v) is 8.17. The SMILES string of the molecule is O=S(=O)(NC1=NCCS1)c1cccc2cccnc12. The van der Waals surface area contributed by atoms with Crippen LogP contribution < -0.4 is 4.72 Å². The number of nitrogens with zero attached hydrogens (tertiary/aromatic N) is 2. The number of aromatic nitrogens is 1. The van der Waals surface area contributed by atoms with Crippen LogP contribution in [0, 0.1) is 0 Å². The van der Waals surface area contributed by atoms with Gasteiger partial charge in [0, 0.05) is 17.3 Å². The predicted molar refractivity (Wildman–Crippen MR) is 76.8 cm³/mol. The number of hydrogen-bond acceptors (Lipinski definition) is 5. The number of amidine groups is 1. The number of aliphatic imine (C=N–C) groups is 1. The lowest BCUT2D eigenvalue weighted by atomic mass is 10.2. The second kappa shape index (κ2) is 4.82. The number of thioether (sulfide) groups is 1. The highest BCUT2D eigenvalue weighted by Crippen LogP contribution is 2.21. The van der Waals surface area contributed by atoms with Crippen LogP contribution in [0.1, 0.15) is 0 Å². The highest BCUT2D eigenvalue weighted by molar-refractivity contribution is 8.15. The van der Waals surface area contributed by atoms with Crippen LogP contribution in [0.15, 0.2) is 46.4 Å². The maximum atomic E-state index is 12.4. The molecule has 0 saturated carbocycles. The van der Waals surface area contributed by atoms with Crippen molar-refractivity contribution < 1.29 is 8.42 Å². The van der Waals surface area contributed by atoms with E-state index in [4.69, 9.17) is 0 Å². The zero-order chi connectivity index (χ0) is 13.3. The molecule has 5 nitrogen and oxygen atoms in total. The number of hydrogen-bond donors (Lipinski definition) is 1. The van der Waals surface area contributed by atoms with E-state index >= 15 is 0 Å². The zero-order valence-corrected chi connectivity index (χ0v) is 11.5. The molecule has 0 saturated heterocycles. The standard InChI is InChI=1S/C12H11N3O2S2/c16-19(17,15-12-14-7-8-18-12)10-5-1-3-9-4-2-6-13-11(9)10/h1-6H,7-8H2,(H,14,15). The van der Waals surface area contributed by atoms with E-state index in [1.807, 2.05) is 12.1 Å². The minimum atomic E-state index is -3.63. The molecule has 98 valence electrons. The molecule has 2 heterocycles. The molecule has 0 spiro atoms. The summed E-state index contributed by atoms with van der Waals surface area (Å²) >= 11 is 1.41. The number of pyridine rings is 1. The summed E-state index contributed by atoms with van der Waals surface area (Å²) < 4.78 is 27.2. The number of nitrogens with one attached hydrogen (secondary N) is 1. The van der Waals surface area contributed by atoms with Gasteiger partial charge >= 0.3 is 0 Å². The van der Waals surface area contributed by atoms with Crippen LogP contribution in [0.2, 0.25) is 0 Å². The number of rotatable bonds is 2. The first-order valence-electron chi connectivity index (χ1n) is 5.71. The van der Waals surface area contributed by atoms with E-state index in [2.05, 4.69) is 14.7 Å². The van der Waals surface area contributed by atoms with E-state index in [0.717, 1.165) is 11.1 Å². The summed E-state index contributed by atoms with van der Waals surface area (Å²) in [7, 11) is -3.63. The molecule has 7 heteroatoms. The molecule has 0 bridgehead atoms. The fourth-order valence-corrected chi connectivity index (χ4v) is 4.07. The third kappa shape index (κ3) is 2.43. The Kier molecular flexibility index (Phi) is 3.16. The van der Waals surface area contributed by atoms with Crippen molar-refractivity contribution in [2.24, 2.45) is 4.99 Å². The lowest BCUT2D eigenvalue weighted by Gasteiger charge is -2.08. The fraction of sp³-hybridized carbons (Fsp3) is 0.167. The molecule has 1 aromatic carbocycles. The van der Waals surface area contributed by atoms with E-state index in [9.17, 15) is 8.42 Å². The highest BCUT2D eigenvalue weighted by atomic mass is 32.2. The second-order valence-electron chi connectivity index (χ2n) is 3.97. The Morgan fingerprint density at radius 2 is 2.05 bits per heavy atom. The Hall–Kier alpha value is -1.60. The van der Waals surface area contributed by atoms with Crippen molar-refractivity contribution in [1.82, 2.24) is 9.71 Å². The molecular weight excluding hydrogens is 282 g/mol. The molecule has 0 aliphatic carbocycles. The summed E-state index contributed by atoms with van der Waals surface area (Å²) in [5.41, 5.74) is 0.473. The Morgan fingerprint density at radius 1 is 1.21 bits per heavy atom. The summed E-state index contributed by atoms with van der Waals surface area (Å²) in [6, 6.07) is 8.72. The molecule has 0 amide bonds. The number of sulfonamides is 1. The first kappa shape index (κ1) is 12.4. The molecular formula is C12H11N3O2S2. The van der Waals surface area contributed by atoms with Gasteiger partial charge in [0.1, 0.15) is 4.90 Å². The zero-order valence-electron chi connectivity index (χ0n) is 9.91. The smallest absolute Gasteiger partial charge is 0.261 e. The Bertz CT molecular complexity index is 751. The molecule has 1 aromatic heterocycles. The third-order valence-electron chi connectivity index (χ3n) is 2.69. The van der Waals surface area contributed by atoms with Crippen LogP contribution in [0.5, 0.6) is 0 Å². The Morgan fingerprint density at radius 3 is 2.84 bits per heavy atom. The minimum absolute atomic E-state index is 0.181.